The Morgan fingerprint density at radius 2 is 1.27 bits per heavy atom. The van der Waals surface area contributed by atoms with Crippen LogP contribution in [0.25, 0.3) is 0 Å². The van der Waals surface area contributed by atoms with Gasteiger partial charge in [-0.05, 0) is 67.6 Å². The SMILES string of the molecule is O=C(CN1CCCC1c1ccc2c(c1)OCCO2)N1CCCC1c1ccc2c(c1)OCCO2. The molecule has 0 radical (unpaired) electrons. The summed E-state index contributed by atoms with van der Waals surface area (Å²) >= 11 is 0. The molecule has 1 amide bonds. The molecule has 33 heavy (non-hydrogen) atoms. The number of hydrogen-bond donors (Lipinski definition) is 0. The van der Waals surface area contributed by atoms with Crippen molar-refractivity contribution in [2.75, 3.05) is 46.1 Å². The second-order valence-electron chi connectivity index (χ2n) is 9.18. The number of carbonyl (C=O) groups excluding carboxylic acids is 1. The topological polar surface area (TPSA) is 60.5 Å². The molecule has 0 spiro atoms. The maximum atomic E-state index is 13.5. The molecule has 2 saturated heterocycles. The smallest absolute Gasteiger partial charge is 0.237 e. The van der Waals surface area contributed by atoms with Gasteiger partial charge in [-0.3, -0.25) is 9.69 Å². The Morgan fingerprint density at radius 1 is 0.727 bits per heavy atom. The number of hydrogen-bond acceptors (Lipinski definition) is 6. The van der Waals surface area contributed by atoms with Crippen molar-refractivity contribution in [1.29, 1.82) is 0 Å². The Hall–Kier alpha value is -2.93. The zero-order chi connectivity index (χ0) is 22.2. The van der Waals surface area contributed by atoms with E-state index < -0.39 is 0 Å². The summed E-state index contributed by atoms with van der Waals surface area (Å²) in [6, 6.07) is 12.7. The van der Waals surface area contributed by atoms with Crippen molar-refractivity contribution in [3.05, 3.63) is 47.5 Å². The quantitative estimate of drug-likeness (QED) is 0.708. The molecule has 4 aliphatic rings. The van der Waals surface area contributed by atoms with Crippen molar-refractivity contribution in [1.82, 2.24) is 9.80 Å². The standard InChI is InChI=1S/C26H30N2O5/c29-26(28-10-2-4-21(28)19-6-8-23-25(16-19)33-14-12-31-23)17-27-9-1-3-20(27)18-5-7-22-24(15-18)32-13-11-30-22/h5-8,15-16,20-21H,1-4,9-14,17H2. The van der Waals surface area contributed by atoms with Crippen LogP contribution in [0.2, 0.25) is 0 Å². The summed E-state index contributed by atoms with van der Waals surface area (Å²) in [5.41, 5.74) is 2.34. The third-order valence-electron chi connectivity index (χ3n) is 7.18. The molecule has 2 atom stereocenters. The van der Waals surface area contributed by atoms with Gasteiger partial charge < -0.3 is 23.8 Å². The number of nitrogens with zero attached hydrogens (tertiary/aromatic N) is 2. The van der Waals surface area contributed by atoms with Gasteiger partial charge >= 0.3 is 0 Å². The van der Waals surface area contributed by atoms with Crippen molar-refractivity contribution >= 4 is 5.91 Å². The van der Waals surface area contributed by atoms with Gasteiger partial charge in [-0.15, -0.1) is 0 Å². The molecule has 0 bridgehead atoms. The van der Waals surface area contributed by atoms with E-state index in [2.05, 4.69) is 34.1 Å². The van der Waals surface area contributed by atoms with E-state index in [1.807, 2.05) is 12.1 Å². The zero-order valence-electron chi connectivity index (χ0n) is 18.8. The van der Waals surface area contributed by atoms with Crippen molar-refractivity contribution in [2.24, 2.45) is 0 Å². The summed E-state index contributed by atoms with van der Waals surface area (Å²) in [5, 5.41) is 0. The molecular formula is C26H30N2O5. The van der Waals surface area contributed by atoms with E-state index in [9.17, 15) is 4.79 Å². The molecule has 0 saturated carbocycles. The number of amides is 1. The van der Waals surface area contributed by atoms with Gasteiger partial charge in [-0.1, -0.05) is 12.1 Å². The first-order chi connectivity index (χ1) is 16.3. The highest BCUT2D eigenvalue weighted by Crippen LogP contribution is 2.40. The lowest BCUT2D eigenvalue weighted by Gasteiger charge is -2.31. The van der Waals surface area contributed by atoms with E-state index in [1.54, 1.807) is 0 Å². The van der Waals surface area contributed by atoms with Gasteiger partial charge in [0.15, 0.2) is 23.0 Å². The summed E-state index contributed by atoms with van der Waals surface area (Å²) in [7, 11) is 0. The van der Waals surface area contributed by atoms with Gasteiger partial charge in [0.2, 0.25) is 5.91 Å². The zero-order valence-corrected chi connectivity index (χ0v) is 18.8. The van der Waals surface area contributed by atoms with Gasteiger partial charge in [0, 0.05) is 12.6 Å². The molecule has 4 heterocycles. The van der Waals surface area contributed by atoms with Crippen molar-refractivity contribution in [2.45, 2.75) is 37.8 Å². The molecule has 2 fully saturated rings. The summed E-state index contributed by atoms with van der Waals surface area (Å²) in [5.74, 6) is 3.41. The van der Waals surface area contributed by atoms with Crippen LogP contribution in [0.3, 0.4) is 0 Å². The summed E-state index contributed by atoms with van der Waals surface area (Å²) in [6.07, 6.45) is 4.16. The van der Waals surface area contributed by atoms with Crippen LogP contribution >= 0.6 is 0 Å². The van der Waals surface area contributed by atoms with E-state index in [0.717, 1.165) is 67.3 Å². The van der Waals surface area contributed by atoms with Crippen LogP contribution < -0.4 is 18.9 Å². The van der Waals surface area contributed by atoms with Crippen LogP contribution in [0, 0.1) is 0 Å². The van der Waals surface area contributed by atoms with Crippen molar-refractivity contribution in [3.8, 4) is 23.0 Å². The molecular weight excluding hydrogens is 420 g/mol. The normalized spacial score (nSPS) is 24.2. The fourth-order valence-corrected chi connectivity index (χ4v) is 5.60. The molecule has 7 heteroatoms. The lowest BCUT2D eigenvalue weighted by atomic mass is 10.0. The number of carbonyl (C=O) groups is 1. The maximum Gasteiger partial charge on any atom is 0.237 e. The van der Waals surface area contributed by atoms with Gasteiger partial charge in [0.1, 0.15) is 26.4 Å². The first-order valence-corrected chi connectivity index (χ1v) is 12.1. The highest BCUT2D eigenvalue weighted by atomic mass is 16.6. The minimum atomic E-state index is 0.101. The third kappa shape index (κ3) is 3.99. The lowest BCUT2D eigenvalue weighted by Crippen LogP contribution is -2.39. The predicted octanol–water partition coefficient (Wildman–Crippen LogP) is 3.73. The van der Waals surface area contributed by atoms with E-state index in [0.29, 0.717) is 33.0 Å². The first-order valence-electron chi connectivity index (χ1n) is 12.1. The number of ether oxygens (including phenoxy) is 4. The van der Waals surface area contributed by atoms with E-state index in [1.165, 1.54) is 5.56 Å². The molecule has 4 aliphatic heterocycles. The number of fused-ring (bicyclic) bond motifs is 2. The van der Waals surface area contributed by atoms with Crippen molar-refractivity contribution < 1.29 is 23.7 Å². The Labute approximate surface area is 194 Å². The molecule has 2 unspecified atom stereocenters. The second kappa shape index (κ2) is 8.78. The third-order valence-corrected chi connectivity index (χ3v) is 7.18. The van der Waals surface area contributed by atoms with Gasteiger partial charge in [-0.2, -0.15) is 0 Å². The minimum Gasteiger partial charge on any atom is -0.486 e. The lowest BCUT2D eigenvalue weighted by molar-refractivity contribution is -0.133. The Balaban J connectivity index is 1.17. The Morgan fingerprint density at radius 3 is 1.94 bits per heavy atom. The van der Waals surface area contributed by atoms with Gasteiger partial charge in [0.05, 0.1) is 12.6 Å². The fraction of sp³-hybridized carbons (Fsp3) is 0.500. The van der Waals surface area contributed by atoms with Crippen LogP contribution in [-0.4, -0.2) is 61.8 Å². The largest absolute Gasteiger partial charge is 0.486 e. The average molecular weight is 451 g/mol. The minimum absolute atomic E-state index is 0.101. The first kappa shape index (κ1) is 20.7. The summed E-state index contributed by atoms with van der Waals surface area (Å²) < 4.78 is 22.9. The Kier molecular flexibility index (Phi) is 5.50. The molecule has 0 aromatic heterocycles. The van der Waals surface area contributed by atoms with E-state index in [-0.39, 0.29) is 18.0 Å². The second-order valence-corrected chi connectivity index (χ2v) is 9.18. The van der Waals surface area contributed by atoms with Gasteiger partial charge in [0.25, 0.3) is 0 Å². The number of rotatable bonds is 4. The van der Waals surface area contributed by atoms with Crippen LogP contribution in [0.15, 0.2) is 36.4 Å². The van der Waals surface area contributed by atoms with Crippen LogP contribution in [0.5, 0.6) is 23.0 Å². The van der Waals surface area contributed by atoms with E-state index in [4.69, 9.17) is 18.9 Å². The molecule has 0 aliphatic carbocycles. The molecule has 6 rings (SSSR count). The molecule has 174 valence electrons. The predicted molar refractivity (Wildman–Crippen MR) is 122 cm³/mol. The highest BCUT2D eigenvalue weighted by Gasteiger charge is 2.34. The van der Waals surface area contributed by atoms with Crippen LogP contribution in [0.1, 0.15) is 48.9 Å². The number of likely N-dealkylation sites (tertiary alicyclic amines) is 2. The molecule has 7 nitrogen and oxygen atoms in total. The number of benzene rings is 2. The maximum absolute atomic E-state index is 13.5. The van der Waals surface area contributed by atoms with Crippen LogP contribution in [0.4, 0.5) is 0 Å². The molecule has 2 aromatic carbocycles. The highest BCUT2D eigenvalue weighted by molar-refractivity contribution is 5.79. The average Bonchev–Trinajstić information content (AvgIpc) is 3.53. The van der Waals surface area contributed by atoms with Crippen molar-refractivity contribution in [3.63, 3.8) is 0 Å². The summed E-state index contributed by atoms with van der Waals surface area (Å²) in [6.45, 7) is 4.52. The monoisotopic (exact) mass is 450 g/mol. The van der Waals surface area contributed by atoms with E-state index >= 15 is 0 Å². The van der Waals surface area contributed by atoms with Crippen LogP contribution in [-0.2, 0) is 4.79 Å². The summed E-state index contributed by atoms with van der Waals surface area (Å²) in [4.78, 5) is 17.9. The van der Waals surface area contributed by atoms with Gasteiger partial charge in [-0.25, -0.2) is 0 Å². The molecule has 2 aromatic rings. The molecule has 0 N–H and O–H groups in total. The fourth-order valence-electron chi connectivity index (χ4n) is 5.60. The Bertz CT molecular complexity index is 1040.